The van der Waals surface area contributed by atoms with Crippen LogP contribution >= 0.6 is 0 Å². The van der Waals surface area contributed by atoms with Crippen molar-refractivity contribution in [1.82, 2.24) is 4.98 Å². The van der Waals surface area contributed by atoms with Gasteiger partial charge in [-0.25, -0.2) is 0 Å². The smallest absolute Gasteiger partial charge is 0.0708 e. The number of hydrogen-bond donors (Lipinski definition) is 0. The molecule has 0 unspecified atom stereocenters. The first kappa shape index (κ1) is 24.8. The number of para-hydroxylation sites is 1. The van der Waals surface area contributed by atoms with Crippen LogP contribution in [0.15, 0.2) is 164 Å². The number of benzene rings is 8. The van der Waals surface area contributed by atoms with Crippen LogP contribution in [0.1, 0.15) is 0 Å². The Morgan fingerprint density at radius 3 is 1.70 bits per heavy atom. The summed E-state index contributed by atoms with van der Waals surface area (Å²) in [5.41, 5.74) is 8.42. The predicted octanol–water partition coefficient (Wildman–Crippen LogP) is 11.8. The van der Waals surface area contributed by atoms with Crippen LogP contribution in [0, 0.1) is 0 Å². The van der Waals surface area contributed by atoms with Crippen LogP contribution in [-0.2, 0) is 0 Å². The number of hydrogen-bond acceptors (Lipinski definition) is 1. The maximum atomic E-state index is 5.08. The van der Waals surface area contributed by atoms with Gasteiger partial charge in [0.05, 0.1) is 5.52 Å². The molecule has 9 rings (SSSR count). The zero-order valence-electron chi connectivity index (χ0n) is 24.0. The Morgan fingerprint density at radius 1 is 0.318 bits per heavy atom. The topological polar surface area (TPSA) is 12.9 Å². The molecule has 1 heterocycles. The summed E-state index contributed by atoms with van der Waals surface area (Å²) >= 11 is 0. The van der Waals surface area contributed by atoms with Gasteiger partial charge in [0.2, 0.25) is 0 Å². The van der Waals surface area contributed by atoms with Gasteiger partial charge in [-0.15, -0.1) is 0 Å². The molecule has 0 amide bonds. The maximum Gasteiger partial charge on any atom is 0.0708 e. The third-order valence-electron chi connectivity index (χ3n) is 9.08. The second-order valence-electron chi connectivity index (χ2n) is 11.5. The summed E-state index contributed by atoms with van der Waals surface area (Å²) in [5, 5.41) is 11.0. The molecule has 0 aliphatic carbocycles. The monoisotopic (exact) mass is 557 g/mol. The summed E-state index contributed by atoms with van der Waals surface area (Å²) in [4.78, 5) is 5.08. The molecule has 1 heteroatoms. The van der Waals surface area contributed by atoms with E-state index in [1.165, 1.54) is 81.9 Å². The van der Waals surface area contributed by atoms with E-state index in [0.29, 0.717) is 0 Å². The molecule has 0 aliphatic rings. The molecule has 1 aromatic heterocycles. The predicted molar refractivity (Wildman–Crippen MR) is 188 cm³/mol. The standard InChI is InChI=1S/C43H27N/c1-2-13-29(14-3-1)33-26-25-30-16-5-7-19-32(30)40(33)42-36-21-9-8-20-35(36)41(34-23-12-17-28-15-4-6-18-31(28)34)43-37-22-10-11-24-39(37)44-27-38(42)43/h1-27H. The second kappa shape index (κ2) is 9.90. The Bertz CT molecular complexity index is 2540. The lowest BCUT2D eigenvalue weighted by Gasteiger charge is -2.22. The van der Waals surface area contributed by atoms with E-state index in [1.54, 1.807) is 0 Å². The molecular formula is C43H27N. The normalized spacial score (nSPS) is 11.6. The summed E-state index contributed by atoms with van der Waals surface area (Å²) in [6.07, 6.45) is 2.12. The minimum absolute atomic E-state index is 1.00. The first-order valence-corrected chi connectivity index (χ1v) is 15.1. The van der Waals surface area contributed by atoms with E-state index >= 15 is 0 Å². The fourth-order valence-electron chi connectivity index (χ4n) is 7.19. The van der Waals surface area contributed by atoms with Crippen molar-refractivity contribution in [2.24, 2.45) is 0 Å². The van der Waals surface area contributed by atoms with Gasteiger partial charge in [-0.1, -0.05) is 152 Å². The molecule has 0 radical (unpaired) electrons. The van der Waals surface area contributed by atoms with Gasteiger partial charge in [-0.05, 0) is 66.2 Å². The molecule has 0 fully saturated rings. The summed E-state index contributed by atoms with van der Waals surface area (Å²) in [5.74, 6) is 0. The second-order valence-corrected chi connectivity index (χ2v) is 11.5. The van der Waals surface area contributed by atoms with Crippen molar-refractivity contribution in [2.75, 3.05) is 0 Å². The Labute approximate surface area is 255 Å². The third-order valence-corrected chi connectivity index (χ3v) is 9.08. The van der Waals surface area contributed by atoms with Gasteiger partial charge in [0.25, 0.3) is 0 Å². The quantitative estimate of drug-likeness (QED) is 0.155. The molecule has 204 valence electrons. The fraction of sp³-hybridized carbons (Fsp3) is 0. The van der Waals surface area contributed by atoms with Gasteiger partial charge in [-0.3, -0.25) is 4.98 Å². The molecular weight excluding hydrogens is 530 g/mol. The molecule has 44 heavy (non-hydrogen) atoms. The van der Waals surface area contributed by atoms with E-state index in [-0.39, 0.29) is 0 Å². The van der Waals surface area contributed by atoms with E-state index in [2.05, 4.69) is 164 Å². The summed E-state index contributed by atoms with van der Waals surface area (Å²) in [7, 11) is 0. The first-order valence-electron chi connectivity index (χ1n) is 15.1. The van der Waals surface area contributed by atoms with Crippen LogP contribution in [-0.4, -0.2) is 4.98 Å². The van der Waals surface area contributed by atoms with Gasteiger partial charge in [0.15, 0.2) is 0 Å². The average molecular weight is 558 g/mol. The van der Waals surface area contributed by atoms with Crippen molar-refractivity contribution in [3.05, 3.63) is 164 Å². The Balaban J connectivity index is 1.56. The highest BCUT2D eigenvalue weighted by Gasteiger charge is 2.23. The van der Waals surface area contributed by atoms with E-state index in [0.717, 1.165) is 5.52 Å². The van der Waals surface area contributed by atoms with Gasteiger partial charge in [0.1, 0.15) is 0 Å². The van der Waals surface area contributed by atoms with E-state index in [1.807, 2.05) is 0 Å². The van der Waals surface area contributed by atoms with Crippen LogP contribution in [0.25, 0.3) is 87.4 Å². The third kappa shape index (κ3) is 3.70. The van der Waals surface area contributed by atoms with Crippen molar-refractivity contribution < 1.29 is 0 Å². The number of rotatable bonds is 3. The van der Waals surface area contributed by atoms with Crippen molar-refractivity contribution >= 4 is 54.0 Å². The molecule has 0 aliphatic heterocycles. The molecule has 9 aromatic rings. The molecule has 0 bridgehead atoms. The Morgan fingerprint density at radius 2 is 0.909 bits per heavy atom. The molecule has 0 atom stereocenters. The van der Waals surface area contributed by atoms with Gasteiger partial charge < -0.3 is 0 Å². The number of fused-ring (bicyclic) bond motifs is 6. The van der Waals surface area contributed by atoms with Gasteiger partial charge in [0, 0.05) is 27.9 Å². The first-order chi connectivity index (χ1) is 21.9. The van der Waals surface area contributed by atoms with E-state index in [4.69, 9.17) is 4.98 Å². The maximum absolute atomic E-state index is 5.08. The molecule has 0 saturated heterocycles. The van der Waals surface area contributed by atoms with Gasteiger partial charge >= 0.3 is 0 Å². The van der Waals surface area contributed by atoms with Crippen LogP contribution in [0.3, 0.4) is 0 Å². The SMILES string of the molecule is c1ccc(-c2ccc3ccccc3c2-c2c3ccccc3c(-c3cccc4ccccc34)c3c2cnc2ccccc23)cc1. The van der Waals surface area contributed by atoms with E-state index in [9.17, 15) is 0 Å². The van der Waals surface area contributed by atoms with E-state index < -0.39 is 0 Å². The molecule has 0 N–H and O–H groups in total. The minimum Gasteiger partial charge on any atom is -0.256 e. The highest BCUT2D eigenvalue weighted by molar-refractivity contribution is 6.30. The van der Waals surface area contributed by atoms with Crippen molar-refractivity contribution in [2.45, 2.75) is 0 Å². The largest absolute Gasteiger partial charge is 0.256 e. The van der Waals surface area contributed by atoms with Crippen molar-refractivity contribution in [3.8, 4) is 33.4 Å². The lowest BCUT2D eigenvalue weighted by molar-refractivity contribution is 1.45. The van der Waals surface area contributed by atoms with Crippen LogP contribution in [0.4, 0.5) is 0 Å². The zero-order chi connectivity index (χ0) is 29.0. The lowest BCUT2D eigenvalue weighted by atomic mass is 9.81. The summed E-state index contributed by atoms with van der Waals surface area (Å²) in [6.45, 7) is 0. The van der Waals surface area contributed by atoms with Gasteiger partial charge in [-0.2, -0.15) is 0 Å². The highest BCUT2D eigenvalue weighted by Crippen LogP contribution is 2.50. The minimum atomic E-state index is 1.00. The van der Waals surface area contributed by atoms with Crippen LogP contribution in [0.2, 0.25) is 0 Å². The highest BCUT2D eigenvalue weighted by atomic mass is 14.7. The van der Waals surface area contributed by atoms with Crippen LogP contribution < -0.4 is 0 Å². The number of aromatic nitrogens is 1. The number of pyridine rings is 1. The van der Waals surface area contributed by atoms with Crippen molar-refractivity contribution in [3.63, 3.8) is 0 Å². The van der Waals surface area contributed by atoms with Crippen LogP contribution in [0.5, 0.6) is 0 Å². The average Bonchev–Trinajstić information content (AvgIpc) is 3.10. The molecule has 0 saturated carbocycles. The fourth-order valence-corrected chi connectivity index (χ4v) is 7.19. The molecule has 1 nitrogen and oxygen atoms in total. The summed E-state index contributed by atoms with van der Waals surface area (Å²) in [6, 6.07) is 57.0. The summed E-state index contributed by atoms with van der Waals surface area (Å²) < 4.78 is 0. The Hall–Kier alpha value is -5.79. The number of nitrogens with zero attached hydrogens (tertiary/aromatic N) is 1. The molecule has 0 spiro atoms. The molecule has 8 aromatic carbocycles. The lowest BCUT2D eigenvalue weighted by Crippen LogP contribution is -1.96. The Kier molecular flexibility index (Phi) is 5.57. The van der Waals surface area contributed by atoms with Crippen molar-refractivity contribution in [1.29, 1.82) is 0 Å². The zero-order valence-corrected chi connectivity index (χ0v) is 24.0.